The Morgan fingerprint density at radius 2 is 1.67 bits per heavy atom. The third-order valence-electron chi connectivity index (χ3n) is 2.57. The van der Waals surface area contributed by atoms with Gasteiger partial charge < -0.3 is 20.1 Å². The van der Waals surface area contributed by atoms with E-state index >= 15 is 0 Å². The number of hydrogen-bond acceptors (Lipinski definition) is 4. The first-order valence-electron chi connectivity index (χ1n) is 4.15. The van der Waals surface area contributed by atoms with E-state index in [0.29, 0.717) is 6.42 Å². The van der Waals surface area contributed by atoms with Crippen LogP contribution in [0.15, 0.2) is 0 Å². The molecule has 0 saturated heterocycles. The molecule has 1 aliphatic rings. The average molecular weight is 176 g/mol. The number of methoxy groups -OCH3 is 1. The second-order valence-electron chi connectivity index (χ2n) is 3.46. The molecule has 0 heterocycles. The zero-order valence-electron chi connectivity index (χ0n) is 7.34. The molecule has 0 aromatic rings. The van der Waals surface area contributed by atoms with Crippen molar-refractivity contribution in [3.8, 4) is 0 Å². The van der Waals surface area contributed by atoms with Crippen molar-refractivity contribution in [2.45, 2.75) is 37.8 Å². The number of aliphatic hydroxyl groups is 3. The lowest BCUT2D eigenvalue weighted by Crippen LogP contribution is -2.53. The maximum absolute atomic E-state index is 9.39. The summed E-state index contributed by atoms with van der Waals surface area (Å²) >= 11 is 0. The van der Waals surface area contributed by atoms with Gasteiger partial charge in [-0.3, -0.25) is 0 Å². The summed E-state index contributed by atoms with van der Waals surface area (Å²) in [5, 5.41) is 28.1. The summed E-state index contributed by atoms with van der Waals surface area (Å²) in [5.41, 5.74) is 0. The molecule has 4 nitrogen and oxygen atoms in total. The lowest BCUT2D eigenvalue weighted by Gasteiger charge is -2.38. The molecule has 0 radical (unpaired) electrons. The van der Waals surface area contributed by atoms with Crippen LogP contribution in [-0.2, 0) is 4.74 Å². The predicted octanol–water partition coefficient (Wildman–Crippen LogP) is -0.876. The van der Waals surface area contributed by atoms with E-state index in [9.17, 15) is 15.3 Å². The molecule has 5 atom stereocenters. The molecule has 2 unspecified atom stereocenters. The summed E-state index contributed by atoms with van der Waals surface area (Å²) in [7, 11) is 1.49. The van der Waals surface area contributed by atoms with Gasteiger partial charge in [-0.05, 0) is 12.3 Å². The molecule has 0 aliphatic heterocycles. The lowest BCUT2D eigenvalue weighted by molar-refractivity contribution is -0.162. The van der Waals surface area contributed by atoms with Crippen LogP contribution in [0.5, 0.6) is 0 Å². The highest BCUT2D eigenvalue weighted by Crippen LogP contribution is 2.26. The summed E-state index contributed by atoms with van der Waals surface area (Å²) in [6, 6.07) is 0. The Kier molecular flexibility index (Phi) is 3.06. The standard InChI is InChI=1S/C8H16O4/c1-4-3-5(12-2)7(10)8(11)6(4)9/h4-11H,3H2,1-2H3/t4?,5-,6+,7?,8+/m0/s1. The molecule has 4 heteroatoms. The summed E-state index contributed by atoms with van der Waals surface area (Å²) in [6.07, 6.45) is -2.68. The highest BCUT2D eigenvalue weighted by atomic mass is 16.5. The topological polar surface area (TPSA) is 69.9 Å². The van der Waals surface area contributed by atoms with Gasteiger partial charge in [0.25, 0.3) is 0 Å². The maximum atomic E-state index is 9.39. The van der Waals surface area contributed by atoms with Crippen molar-refractivity contribution in [1.29, 1.82) is 0 Å². The molecule has 1 aliphatic carbocycles. The van der Waals surface area contributed by atoms with E-state index < -0.39 is 18.3 Å². The van der Waals surface area contributed by atoms with Crippen LogP contribution in [-0.4, -0.2) is 46.8 Å². The first kappa shape index (κ1) is 9.92. The van der Waals surface area contributed by atoms with Crippen LogP contribution >= 0.6 is 0 Å². The molecule has 0 amide bonds. The Labute approximate surface area is 71.8 Å². The molecule has 0 aromatic heterocycles. The molecular weight excluding hydrogens is 160 g/mol. The maximum Gasteiger partial charge on any atom is 0.109 e. The Morgan fingerprint density at radius 3 is 2.17 bits per heavy atom. The fourth-order valence-electron chi connectivity index (χ4n) is 1.64. The fraction of sp³-hybridized carbons (Fsp3) is 1.00. The minimum Gasteiger partial charge on any atom is -0.390 e. The third-order valence-corrected chi connectivity index (χ3v) is 2.57. The molecule has 12 heavy (non-hydrogen) atoms. The number of ether oxygens (including phenoxy) is 1. The van der Waals surface area contributed by atoms with Crippen molar-refractivity contribution >= 4 is 0 Å². The van der Waals surface area contributed by atoms with Gasteiger partial charge in [-0.2, -0.15) is 0 Å². The van der Waals surface area contributed by atoms with Gasteiger partial charge >= 0.3 is 0 Å². The molecule has 1 rings (SSSR count). The van der Waals surface area contributed by atoms with Crippen LogP contribution < -0.4 is 0 Å². The van der Waals surface area contributed by atoms with Crippen molar-refractivity contribution in [2.24, 2.45) is 5.92 Å². The minimum absolute atomic E-state index is 0.0339. The fourth-order valence-corrected chi connectivity index (χ4v) is 1.64. The summed E-state index contributed by atoms with van der Waals surface area (Å²) < 4.78 is 4.97. The molecule has 0 bridgehead atoms. The lowest BCUT2D eigenvalue weighted by atomic mass is 9.82. The van der Waals surface area contributed by atoms with Crippen LogP contribution in [0.3, 0.4) is 0 Å². The van der Waals surface area contributed by atoms with Gasteiger partial charge in [-0.15, -0.1) is 0 Å². The number of hydrogen-bond donors (Lipinski definition) is 3. The van der Waals surface area contributed by atoms with Crippen molar-refractivity contribution in [2.75, 3.05) is 7.11 Å². The van der Waals surface area contributed by atoms with Gasteiger partial charge in [-0.25, -0.2) is 0 Å². The normalized spacial score (nSPS) is 49.2. The van der Waals surface area contributed by atoms with E-state index in [4.69, 9.17) is 4.74 Å². The SMILES string of the molecule is CO[C@H]1CC(C)[C@@H](O)[C@@H](O)C1O. The molecule has 0 aromatic carbocycles. The smallest absolute Gasteiger partial charge is 0.109 e. The summed E-state index contributed by atoms with van der Waals surface area (Å²) in [5.74, 6) is -0.0339. The number of aliphatic hydroxyl groups excluding tert-OH is 3. The van der Waals surface area contributed by atoms with Crippen molar-refractivity contribution in [1.82, 2.24) is 0 Å². The second kappa shape index (κ2) is 3.70. The molecular formula is C8H16O4. The highest BCUT2D eigenvalue weighted by molar-refractivity contribution is 4.91. The Morgan fingerprint density at radius 1 is 1.08 bits per heavy atom. The van der Waals surface area contributed by atoms with E-state index in [-0.39, 0.29) is 12.0 Å². The average Bonchev–Trinajstić information content (AvgIpc) is 2.08. The van der Waals surface area contributed by atoms with Gasteiger partial charge in [0.15, 0.2) is 0 Å². The first-order chi connectivity index (χ1) is 5.57. The molecule has 1 fully saturated rings. The van der Waals surface area contributed by atoms with Crippen LogP contribution in [0.2, 0.25) is 0 Å². The van der Waals surface area contributed by atoms with Gasteiger partial charge in [0.1, 0.15) is 12.2 Å². The summed E-state index contributed by atoms with van der Waals surface area (Å²) in [4.78, 5) is 0. The van der Waals surface area contributed by atoms with Gasteiger partial charge in [0.2, 0.25) is 0 Å². The van der Waals surface area contributed by atoms with Crippen LogP contribution in [0.25, 0.3) is 0 Å². The van der Waals surface area contributed by atoms with E-state index in [1.165, 1.54) is 7.11 Å². The third kappa shape index (κ3) is 1.61. The molecule has 3 N–H and O–H groups in total. The van der Waals surface area contributed by atoms with Crippen LogP contribution in [0, 0.1) is 5.92 Å². The van der Waals surface area contributed by atoms with Crippen LogP contribution in [0.4, 0.5) is 0 Å². The minimum atomic E-state index is -1.08. The van der Waals surface area contributed by atoms with E-state index in [1.807, 2.05) is 6.92 Å². The van der Waals surface area contributed by atoms with E-state index in [2.05, 4.69) is 0 Å². The molecule has 0 spiro atoms. The summed E-state index contributed by atoms with van der Waals surface area (Å²) in [6.45, 7) is 1.83. The number of rotatable bonds is 1. The molecule has 1 saturated carbocycles. The zero-order chi connectivity index (χ0) is 9.30. The van der Waals surface area contributed by atoms with Crippen LogP contribution in [0.1, 0.15) is 13.3 Å². The Hall–Kier alpha value is -0.160. The van der Waals surface area contributed by atoms with Gasteiger partial charge in [0.05, 0.1) is 12.2 Å². The second-order valence-corrected chi connectivity index (χ2v) is 3.46. The van der Waals surface area contributed by atoms with E-state index in [1.54, 1.807) is 0 Å². The Bertz CT molecular complexity index is 145. The monoisotopic (exact) mass is 176 g/mol. The van der Waals surface area contributed by atoms with Crippen molar-refractivity contribution in [3.05, 3.63) is 0 Å². The largest absolute Gasteiger partial charge is 0.390 e. The highest BCUT2D eigenvalue weighted by Gasteiger charge is 2.40. The van der Waals surface area contributed by atoms with Gasteiger partial charge in [0, 0.05) is 7.11 Å². The van der Waals surface area contributed by atoms with Crippen molar-refractivity contribution < 1.29 is 20.1 Å². The van der Waals surface area contributed by atoms with Crippen molar-refractivity contribution in [3.63, 3.8) is 0 Å². The predicted molar refractivity (Wildman–Crippen MR) is 42.6 cm³/mol. The first-order valence-corrected chi connectivity index (χ1v) is 4.15. The molecule has 72 valence electrons. The Balaban J connectivity index is 2.63. The van der Waals surface area contributed by atoms with E-state index in [0.717, 1.165) is 0 Å². The quantitative estimate of drug-likeness (QED) is 0.485. The van der Waals surface area contributed by atoms with Gasteiger partial charge in [-0.1, -0.05) is 6.92 Å². The zero-order valence-corrected chi connectivity index (χ0v) is 7.34.